The van der Waals surface area contributed by atoms with Crippen LogP contribution in [0.5, 0.6) is 11.5 Å². The lowest BCUT2D eigenvalue weighted by Crippen LogP contribution is -2.51. The van der Waals surface area contributed by atoms with E-state index in [1.54, 1.807) is 19.1 Å². The highest BCUT2D eigenvalue weighted by atomic mass is 35.5. The van der Waals surface area contributed by atoms with Crippen LogP contribution in [0.1, 0.15) is 25.3 Å². The Kier molecular flexibility index (Phi) is 8.11. The van der Waals surface area contributed by atoms with Crippen molar-refractivity contribution in [3.8, 4) is 11.5 Å². The molecule has 17 heteroatoms. The summed E-state index contributed by atoms with van der Waals surface area (Å²) in [6, 6.07) is 10.0. The van der Waals surface area contributed by atoms with Crippen LogP contribution in [0.15, 0.2) is 72.0 Å². The molecule has 3 aromatic rings. The lowest BCUT2D eigenvalue weighted by Gasteiger charge is -2.49. The van der Waals surface area contributed by atoms with Gasteiger partial charge < -0.3 is 14.7 Å². The summed E-state index contributed by atoms with van der Waals surface area (Å²) in [5.41, 5.74) is -1.63. The molecular weight excluding hydrogens is 741 g/mol. The Labute approximate surface area is 316 Å². The van der Waals surface area contributed by atoms with Crippen LogP contribution in [-0.2, 0) is 25.6 Å². The van der Waals surface area contributed by atoms with Gasteiger partial charge in [-0.05, 0) is 67.7 Å². The number of nitro groups is 2. The second kappa shape index (κ2) is 12.4. The van der Waals surface area contributed by atoms with Gasteiger partial charge in [-0.3, -0.25) is 39.4 Å². The van der Waals surface area contributed by atoms with Gasteiger partial charge >= 0.3 is 11.4 Å². The molecular formula is C38H31ClFN5O10. The largest absolute Gasteiger partial charge is 0.508 e. The maximum absolute atomic E-state index is 14.7. The molecule has 0 aromatic heterocycles. The lowest BCUT2D eigenvalue weighted by molar-refractivity contribution is -0.392. The van der Waals surface area contributed by atoms with Gasteiger partial charge in [-0.25, -0.2) is 14.2 Å². The number of allylic oxidation sites excluding steroid dienone is 3. The third-order valence-corrected chi connectivity index (χ3v) is 12.0. The van der Waals surface area contributed by atoms with Gasteiger partial charge in [-0.2, -0.15) is 0 Å². The van der Waals surface area contributed by atoms with Crippen LogP contribution in [0.25, 0.3) is 0 Å². The lowest BCUT2D eigenvalue weighted by atomic mass is 9.51. The van der Waals surface area contributed by atoms with Gasteiger partial charge in [0.15, 0.2) is 5.69 Å². The van der Waals surface area contributed by atoms with E-state index >= 15 is 0 Å². The first kappa shape index (κ1) is 35.8. The molecule has 1 saturated carbocycles. The summed E-state index contributed by atoms with van der Waals surface area (Å²) in [5.74, 6) is -7.75. The summed E-state index contributed by atoms with van der Waals surface area (Å²) in [6.07, 6.45) is 3.47. The number of phenols is 1. The van der Waals surface area contributed by atoms with Crippen LogP contribution in [0.3, 0.4) is 0 Å². The molecule has 282 valence electrons. The molecule has 2 aliphatic carbocycles. The van der Waals surface area contributed by atoms with Gasteiger partial charge in [0.2, 0.25) is 23.6 Å². The molecule has 0 unspecified atom stereocenters. The zero-order valence-electron chi connectivity index (χ0n) is 29.4. The predicted molar refractivity (Wildman–Crippen MR) is 194 cm³/mol. The number of aromatic hydroxyl groups is 1. The third kappa shape index (κ3) is 5.14. The topological polar surface area (TPSA) is 194 Å². The number of ether oxygens (including phenoxy) is 1. The van der Waals surface area contributed by atoms with Gasteiger partial charge in [0.25, 0.3) is 0 Å². The van der Waals surface area contributed by atoms with E-state index < -0.39 is 85.7 Å². The van der Waals surface area contributed by atoms with Crippen LogP contribution in [-0.4, -0.2) is 52.7 Å². The highest BCUT2D eigenvalue weighted by molar-refractivity contribution is 6.32. The maximum atomic E-state index is 14.7. The first-order valence-electron chi connectivity index (χ1n) is 17.3. The number of imide groups is 2. The van der Waals surface area contributed by atoms with Crippen molar-refractivity contribution in [2.75, 3.05) is 28.8 Å². The second-order valence-electron chi connectivity index (χ2n) is 14.8. The van der Waals surface area contributed by atoms with Crippen LogP contribution in [0, 0.1) is 61.1 Å². The average molecular weight is 772 g/mol. The fourth-order valence-corrected chi connectivity index (χ4v) is 9.60. The molecule has 15 nitrogen and oxygen atoms in total. The Balaban J connectivity index is 1.25. The van der Waals surface area contributed by atoms with E-state index in [4.69, 9.17) is 16.3 Å². The Morgan fingerprint density at radius 2 is 1.62 bits per heavy atom. The fraction of sp³-hybridized carbons (Fsp3) is 0.316. The standard InChI is InChI=1S/C38H31ClFN5O10/c1-38-25(35(48)43(37(38)50)19-4-8-27(40)26(39)12-19)15-24-22(32(38)18-10-17-11-21(46)5-9-30(17)55-16-18)6-7-23-31(24)36(49)42(34(23)47)20-13-28(44(51)52)33(41(2)3)29(14-20)45(53)54/h4-6,8-9,11-14,16,23-25,31-32,46H,7,10,15H2,1-3H3/t23-,24+,25-,31-,32-,38+/m0/s1. The second-order valence-corrected chi connectivity index (χ2v) is 15.2. The average Bonchev–Trinajstić information content (AvgIpc) is 3.51. The minimum absolute atomic E-state index is 0.0188. The minimum Gasteiger partial charge on any atom is -0.508 e. The quantitative estimate of drug-likeness (QED) is 0.137. The molecule has 55 heavy (non-hydrogen) atoms. The van der Waals surface area contributed by atoms with E-state index in [1.807, 2.05) is 0 Å². The number of benzene rings is 3. The summed E-state index contributed by atoms with van der Waals surface area (Å²) in [5, 5.41) is 34.3. The molecule has 0 bridgehead atoms. The summed E-state index contributed by atoms with van der Waals surface area (Å²) in [6.45, 7) is 1.66. The van der Waals surface area contributed by atoms with Crippen LogP contribution < -0.4 is 19.4 Å². The molecule has 3 aliphatic heterocycles. The molecule has 0 radical (unpaired) electrons. The Morgan fingerprint density at radius 3 is 2.25 bits per heavy atom. The van der Waals surface area contributed by atoms with Crippen molar-refractivity contribution >= 4 is 63.7 Å². The highest BCUT2D eigenvalue weighted by Crippen LogP contribution is 2.63. The van der Waals surface area contributed by atoms with Crippen molar-refractivity contribution in [1.82, 2.24) is 0 Å². The number of nitrogens with zero attached hydrogens (tertiary/aromatic N) is 5. The van der Waals surface area contributed by atoms with Crippen molar-refractivity contribution in [1.29, 1.82) is 0 Å². The number of carbonyl (C=O) groups excluding carboxylic acids is 4. The van der Waals surface area contributed by atoms with Crippen LogP contribution in [0.2, 0.25) is 5.02 Å². The summed E-state index contributed by atoms with van der Waals surface area (Å²) in [4.78, 5) is 83.5. The van der Waals surface area contributed by atoms with E-state index in [-0.39, 0.29) is 47.1 Å². The van der Waals surface area contributed by atoms with Crippen LogP contribution in [0.4, 0.5) is 32.8 Å². The molecule has 3 fully saturated rings. The van der Waals surface area contributed by atoms with Gasteiger partial charge in [0.05, 0.1) is 55.7 Å². The Bertz CT molecular complexity index is 2350. The highest BCUT2D eigenvalue weighted by Gasteiger charge is 2.68. The molecule has 2 saturated heterocycles. The van der Waals surface area contributed by atoms with Crippen molar-refractivity contribution in [2.45, 2.75) is 26.2 Å². The summed E-state index contributed by atoms with van der Waals surface area (Å²) >= 11 is 6.09. The third-order valence-electron chi connectivity index (χ3n) is 11.7. The monoisotopic (exact) mass is 771 g/mol. The molecule has 3 heterocycles. The maximum Gasteiger partial charge on any atom is 0.301 e. The van der Waals surface area contributed by atoms with Crippen LogP contribution >= 0.6 is 11.6 Å². The predicted octanol–water partition coefficient (Wildman–Crippen LogP) is 5.85. The SMILES string of the molecule is CN(C)c1c([N+](=O)[O-])cc(N2C(=O)[C@H]3[C@H](CC=C4[C@H](C5=COc6ccc(O)cc6C5)[C@]5(C)C(=O)N(c6ccc(F)c(Cl)c6)C(=O)[C@@H]5C[C@H]43)C2=O)cc1[N+](=O)[O-]. The van der Waals surface area contributed by atoms with Gasteiger partial charge in [-0.15, -0.1) is 0 Å². The molecule has 0 spiro atoms. The molecule has 1 N–H and O–H groups in total. The number of phenolic OH excluding ortho intramolecular Hbond substituents is 1. The molecule has 4 amide bonds. The van der Waals surface area contributed by atoms with E-state index in [2.05, 4.69) is 0 Å². The first-order valence-corrected chi connectivity index (χ1v) is 17.6. The molecule has 6 atom stereocenters. The molecule has 3 aromatic carbocycles. The number of halogens is 2. The summed E-state index contributed by atoms with van der Waals surface area (Å²) in [7, 11) is 2.79. The first-order chi connectivity index (χ1) is 26.0. The van der Waals surface area contributed by atoms with E-state index in [0.717, 1.165) is 28.0 Å². The normalized spacial score (nSPS) is 26.7. The Hall–Kier alpha value is -6.16. The zero-order chi connectivity index (χ0) is 39.4. The van der Waals surface area contributed by atoms with E-state index in [9.17, 15) is 48.9 Å². The molecule has 5 aliphatic rings. The van der Waals surface area contributed by atoms with Gasteiger partial charge in [0.1, 0.15) is 17.3 Å². The number of anilines is 3. The van der Waals surface area contributed by atoms with E-state index in [1.165, 1.54) is 49.5 Å². The molecule has 8 rings (SSSR count). The zero-order valence-corrected chi connectivity index (χ0v) is 30.2. The summed E-state index contributed by atoms with van der Waals surface area (Å²) < 4.78 is 20.2. The number of fused-ring (bicyclic) bond motifs is 5. The smallest absolute Gasteiger partial charge is 0.301 e. The fourth-order valence-electron chi connectivity index (χ4n) is 9.43. The number of hydrogen-bond acceptors (Lipinski definition) is 11. The van der Waals surface area contributed by atoms with Gasteiger partial charge in [0, 0.05) is 44.1 Å². The number of carbonyl (C=O) groups is 4. The van der Waals surface area contributed by atoms with Crippen molar-refractivity contribution in [3.05, 3.63) is 109 Å². The van der Waals surface area contributed by atoms with Crippen molar-refractivity contribution < 1.29 is 43.3 Å². The number of hydrogen-bond donors (Lipinski definition) is 1. The number of nitro benzene ring substituents is 2. The number of rotatable bonds is 6. The van der Waals surface area contributed by atoms with Gasteiger partial charge in [-0.1, -0.05) is 23.3 Å². The van der Waals surface area contributed by atoms with E-state index in [0.29, 0.717) is 22.5 Å². The minimum atomic E-state index is -1.47. The van der Waals surface area contributed by atoms with Crippen molar-refractivity contribution in [2.24, 2.45) is 35.0 Å². The Morgan fingerprint density at radius 1 is 0.927 bits per heavy atom. The number of amides is 4. The van der Waals surface area contributed by atoms with Crippen molar-refractivity contribution in [3.63, 3.8) is 0 Å².